The lowest BCUT2D eigenvalue weighted by atomic mass is 9.97. The van der Waals surface area contributed by atoms with E-state index in [1.807, 2.05) is 7.05 Å². The smallest absolute Gasteiger partial charge is 0.0661 e. The molecule has 1 N–H and O–H groups in total. The van der Waals surface area contributed by atoms with E-state index >= 15 is 0 Å². The number of fused-ring (bicyclic) bond motifs is 1. The van der Waals surface area contributed by atoms with Crippen molar-refractivity contribution in [2.45, 2.75) is 19.4 Å². The molecule has 2 nitrogen and oxygen atoms in total. The molecule has 0 aromatic heterocycles. The van der Waals surface area contributed by atoms with Gasteiger partial charge in [0.1, 0.15) is 0 Å². The first-order chi connectivity index (χ1) is 6.81. The van der Waals surface area contributed by atoms with Crippen LogP contribution in [0.1, 0.15) is 22.7 Å². The summed E-state index contributed by atoms with van der Waals surface area (Å²) in [6.45, 7) is 3.76. The van der Waals surface area contributed by atoms with E-state index < -0.39 is 0 Å². The summed E-state index contributed by atoms with van der Waals surface area (Å²) < 4.78 is 5.56. The van der Waals surface area contributed by atoms with Crippen molar-refractivity contribution < 1.29 is 4.74 Å². The van der Waals surface area contributed by atoms with Crippen molar-refractivity contribution in [2.75, 3.05) is 20.3 Å². The minimum Gasteiger partial charge on any atom is -0.379 e. The van der Waals surface area contributed by atoms with E-state index in [1.165, 1.54) is 16.7 Å². The molecule has 0 fully saturated rings. The molecule has 0 amide bonds. The molecule has 0 saturated heterocycles. The van der Waals surface area contributed by atoms with Gasteiger partial charge in [-0.25, -0.2) is 0 Å². The molecule has 0 spiro atoms. The summed E-state index contributed by atoms with van der Waals surface area (Å²) in [5.74, 6) is 0. The standard InChI is InChI=1S/C12H17NO/c1-9-3-4-10-5-6-14-8-12(13-2)11(10)7-9/h3-4,7,12-13H,5-6,8H2,1-2H3. The van der Waals surface area contributed by atoms with Crippen molar-refractivity contribution in [3.63, 3.8) is 0 Å². The second kappa shape index (κ2) is 4.11. The predicted molar refractivity (Wildman–Crippen MR) is 57.5 cm³/mol. The van der Waals surface area contributed by atoms with Crippen LogP contribution >= 0.6 is 0 Å². The summed E-state index contributed by atoms with van der Waals surface area (Å²) in [5.41, 5.74) is 4.16. The molecule has 0 radical (unpaired) electrons. The Morgan fingerprint density at radius 1 is 1.43 bits per heavy atom. The highest BCUT2D eigenvalue weighted by Gasteiger charge is 2.16. The second-order valence-corrected chi connectivity index (χ2v) is 3.87. The lowest BCUT2D eigenvalue weighted by Crippen LogP contribution is -2.21. The summed E-state index contributed by atoms with van der Waals surface area (Å²) in [6.07, 6.45) is 1.04. The SMILES string of the molecule is CNC1COCCc2ccc(C)cc21. The molecule has 1 aromatic rings. The highest BCUT2D eigenvalue weighted by molar-refractivity contribution is 5.34. The Labute approximate surface area is 85.3 Å². The zero-order valence-corrected chi connectivity index (χ0v) is 8.84. The van der Waals surface area contributed by atoms with E-state index in [0.717, 1.165) is 19.6 Å². The van der Waals surface area contributed by atoms with Crippen LogP contribution in [0.15, 0.2) is 18.2 Å². The molecule has 0 aliphatic carbocycles. The monoisotopic (exact) mass is 191 g/mol. The third-order valence-electron chi connectivity index (χ3n) is 2.83. The van der Waals surface area contributed by atoms with Crippen LogP contribution in [0.25, 0.3) is 0 Å². The highest BCUT2D eigenvalue weighted by atomic mass is 16.5. The maximum Gasteiger partial charge on any atom is 0.0661 e. The molecule has 1 aliphatic rings. The number of likely N-dealkylation sites (N-methyl/N-ethyl adjacent to an activating group) is 1. The predicted octanol–water partition coefficient (Wildman–Crippen LogP) is 1.83. The van der Waals surface area contributed by atoms with Gasteiger partial charge in [-0.05, 0) is 31.5 Å². The van der Waals surface area contributed by atoms with Gasteiger partial charge in [0.15, 0.2) is 0 Å². The first-order valence-corrected chi connectivity index (χ1v) is 5.15. The van der Waals surface area contributed by atoms with Gasteiger partial charge >= 0.3 is 0 Å². The van der Waals surface area contributed by atoms with E-state index in [4.69, 9.17) is 4.74 Å². The van der Waals surface area contributed by atoms with Crippen LogP contribution in [0, 0.1) is 6.92 Å². The van der Waals surface area contributed by atoms with Crippen LogP contribution in [-0.4, -0.2) is 20.3 Å². The van der Waals surface area contributed by atoms with Gasteiger partial charge < -0.3 is 10.1 Å². The average Bonchev–Trinajstić information content (AvgIpc) is 2.39. The minimum atomic E-state index is 0.354. The minimum absolute atomic E-state index is 0.354. The third kappa shape index (κ3) is 1.81. The van der Waals surface area contributed by atoms with Gasteiger partial charge in [0.2, 0.25) is 0 Å². The number of nitrogens with one attached hydrogen (secondary N) is 1. The molecule has 76 valence electrons. The normalized spacial score (nSPS) is 21.4. The number of rotatable bonds is 1. The Morgan fingerprint density at radius 2 is 2.29 bits per heavy atom. The van der Waals surface area contributed by atoms with Crippen molar-refractivity contribution in [2.24, 2.45) is 0 Å². The molecule has 1 atom stereocenters. The molecule has 1 aromatic carbocycles. The molecule has 1 unspecified atom stereocenters. The molecular formula is C12H17NO. The Bertz CT molecular complexity index is 322. The first-order valence-electron chi connectivity index (χ1n) is 5.15. The first kappa shape index (κ1) is 9.69. The van der Waals surface area contributed by atoms with Crippen LogP contribution in [-0.2, 0) is 11.2 Å². The van der Waals surface area contributed by atoms with Crippen molar-refractivity contribution >= 4 is 0 Å². The maximum absolute atomic E-state index is 5.56. The summed E-state index contributed by atoms with van der Waals surface area (Å²) in [7, 11) is 1.99. The van der Waals surface area contributed by atoms with Gasteiger partial charge in [-0.2, -0.15) is 0 Å². The van der Waals surface area contributed by atoms with Crippen LogP contribution < -0.4 is 5.32 Å². The topological polar surface area (TPSA) is 21.3 Å². The van der Waals surface area contributed by atoms with E-state index in [2.05, 4.69) is 30.4 Å². The Kier molecular flexibility index (Phi) is 2.85. The summed E-state index contributed by atoms with van der Waals surface area (Å²) >= 11 is 0. The quantitative estimate of drug-likeness (QED) is 0.731. The fourth-order valence-corrected chi connectivity index (χ4v) is 1.98. The van der Waals surface area contributed by atoms with Crippen LogP contribution in [0.2, 0.25) is 0 Å². The molecule has 1 heterocycles. The number of aryl methyl sites for hydroxylation is 1. The third-order valence-corrected chi connectivity index (χ3v) is 2.83. The van der Waals surface area contributed by atoms with Crippen LogP contribution in [0.3, 0.4) is 0 Å². The zero-order chi connectivity index (χ0) is 9.97. The van der Waals surface area contributed by atoms with Gasteiger partial charge in [-0.1, -0.05) is 23.8 Å². The zero-order valence-electron chi connectivity index (χ0n) is 8.84. The van der Waals surface area contributed by atoms with Gasteiger partial charge in [-0.15, -0.1) is 0 Å². The number of hydrogen-bond donors (Lipinski definition) is 1. The largest absolute Gasteiger partial charge is 0.379 e. The molecule has 2 rings (SSSR count). The molecular weight excluding hydrogens is 174 g/mol. The van der Waals surface area contributed by atoms with E-state index in [1.54, 1.807) is 0 Å². The molecule has 0 saturated carbocycles. The van der Waals surface area contributed by atoms with Crippen molar-refractivity contribution in [3.05, 3.63) is 34.9 Å². The number of ether oxygens (including phenoxy) is 1. The van der Waals surface area contributed by atoms with E-state index in [0.29, 0.717) is 6.04 Å². The second-order valence-electron chi connectivity index (χ2n) is 3.87. The highest BCUT2D eigenvalue weighted by Crippen LogP contribution is 2.23. The summed E-state index contributed by atoms with van der Waals surface area (Å²) in [5, 5.41) is 3.30. The van der Waals surface area contributed by atoms with Crippen molar-refractivity contribution in [3.8, 4) is 0 Å². The Hall–Kier alpha value is -0.860. The molecule has 14 heavy (non-hydrogen) atoms. The molecule has 0 bridgehead atoms. The van der Waals surface area contributed by atoms with Gasteiger partial charge in [0, 0.05) is 0 Å². The van der Waals surface area contributed by atoms with Crippen LogP contribution in [0.4, 0.5) is 0 Å². The average molecular weight is 191 g/mol. The van der Waals surface area contributed by atoms with Crippen molar-refractivity contribution in [1.82, 2.24) is 5.32 Å². The van der Waals surface area contributed by atoms with Gasteiger partial charge in [0.25, 0.3) is 0 Å². The lowest BCUT2D eigenvalue weighted by Gasteiger charge is -2.16. The van der Waals surface area contributed by atoms with Crippen molar-refractivity contribution in [1.29, 1.82) is 0 Å². The van der Waals surface area contributed by atoms with E-state index in [9.17, 15) is 0 Å². The molecule has 1 aliphatic heterocycles. The number of hydrogen-bond acceptors (Lipinski definition) is 2. The summed E-state index contributed by atoms with van der Waals surface area (Å²) in [6, 6.07) is 7.03. The molecule has 2 heteroatoms. The Balaban J connectivity index is 2.40. The summed E-state index contributed by atoms with van der Waals surface area (Å²) in [4.78, 5) is 0. The van der Waals surface area contributed by atoms with Gasteiger partial charge in [0.05, 0.1) is 19.3 Å². The lowest BCUT2D eigenvalue weighted by molar-refractivity contribution is 0.123. The fourth-order valence-electron chi connectivity index (χ4n) is 1.98. The Morgan fingerprint density at radius 3 is 3.07 bits per heavy atom. The maximum atomic E-state index is 5.56. The van der Waals surface area contributed by atoms with Crippen LogP contribution in [0.5, 0.6) is 0 Å². The fraction of sp³-hybridized carbons (Fsp3) is 0.500. The number of benzene rings is 1. The van der Waals surface area contributed by atoms with E-state index in [-0.39, 0.29) is 0 Å². The van der Waals surface area contributed by atoms with Gasteiger partial charge in [-0.3, -0.25) is 0 Å².